The van der Waals surface area contributed by atoms with E-state index in [0.29, 0.717) is 0 Å². The summed E-state index contributed by atoms with van der Waals surface area (Å²) >= 11 is 0. The first kappa shape index (κ1) is 12.8. The maximum Gasteiger partial charge on any atom is 0.209 e. The average molecular weight is 269 g/mol. The highest BCUT2D eigenvalue weighted by molar-refractivity contribution is 5.65. The standard InChI is InChI=1S/C16H19N3O/c1-14-4-5-15(16(12-14)18-6-2-3-7-18)19-10-8-17(13-20)9-11-19/h2-7,12-13H,8-11H2,1H3. The summed E-state index contributed by atoms with van der Waals surface area (Å²) < 4.78 is 2.15. The van der Waals surface area contributed by atoms with E-state index in [1.807, 2.05) is 17.0 Å². The second kappa shape index (κ2) is 5.41. The molecule has 1 saturated heterocycles. The molecule has 0 unspecified atom stereocenters. The zero-order valence-electron chi connectivity index (χ0n) is 11.7. The molecule has 1 aromatic carbocycles. The van der Waals surface area contributed by atoms with Crippen LogP contribution in [-0.4, -0.2) is 42.1 Å². The summed E-state index contributed by atoms with van der Waals surface area (Å²) in [6.45, 7) is 5.47. The van der Waals surface area contributed by atoms with Crippen molar-refractivity contribution in [2.45, 2.75) is 6.92 Å². The Balaban J connectivity index is 1.92. The van der Waals surface area contributed by atoms with Gasteiger partial charge in [-0.05, 0) is 36.8 Å². The minimum Gasteiger partial charge on any atom is -0.366 e. The van der Waals surface area contributed by atoms with E-state index < -0.39 is 0 Å². The lowest BCUT2D eigenvalue weighted by Gasteiger charge is -2.35. The van der Waals surface area contributed by atoms with Crippen LogP contribution in [0.25, 0.3) is 5.69 Å². The Bertz CT molecular complexity index is 584. The molecule has 1 aliphatic heterocycles. The van der Waals surface area contributed by atoms with Crippen LogP contribution in [0.4, 0.5) is 5.69 Å². The first-order valence-electron chi connectivity index (χ1n) is 6.96. The Morgan fingerprint density at radius 2 is 1.70 bits per heavy atom. The van der Waals surface area contributed by atoms with Crippen LogP contribution in [0.5, 0.6) is 0 Å². The predicted molar refractivity (Wildman–Crippen MR) is 80.4 cm³/mol. The van der Waals surface area contributed by atoms with E-state index in [-0.39, 0.29) is 0 Å². The molecule has 0 atom stereocenters. The van der Waals surface area contributed by atoms with Gasteiger partial charge in [0.25, 0.3) is 0 Å². The van der Waals surface area contributed by atoms with Gasteiger partial charge in [0, 0.05) is 38.6 Å². The molecular formula is C16H19N3O. The van der Waals surface area contributed by atoms with Crippen LogP contribution in [-0.2, 0) is 4.79 Å². The lowest BCUT2D eigenvalue weighted by Crippen LogP contribution is -2.46. The number of rotatable bonds is 3. The monoisotopic (exact) mass is 269 g/mol. The fraction of sp³-hybridized carbons (Fsp3) is 0.312. The largest absolute Gasteiger partial charge is 0.366 e. The van der Waals surface area contributed by atoms with Crippen LogP contribution < -0.4 is 4.90 Å². The summed E-state index contributed by atoms with van der Waals surface area (Å²) in [6.07, 6.45) is 5.08. The van der Waals surface area contributed by atoms with Crippen molar-refractivity contribution in [1.29, 1.82) is 0 Å². The fourth-order valence-corrected chi connectivity index (χ4v) is 2.67. The Morgan fingerprint density at radius 3 is 2.35 bits per heavy atom. The molecule has 1 amide bonds. The van der Waals surface area contributed by atoms with Crippen LogP contribution in [0.3, 0.4) is 0 Å². The van der Waals surface area contributed by atoms with Crippen molar-refractivity contribution < 1.29 is 4.79 Å². The Kier molecular flexibility index (Phi) is 3.46. The Labute approximate surface area is 119 Å². The minimum absolute atomic E-state index is 0.794. The van der Waals surface area contributed by atoms with E-state index in [9.17, 15) is 4.79 Å². The van der Waals surface area contributed by atoms with E-state index in [1.54, 1.807) is 0 Å². The number of aryl methyl sites for hydroxylation is 1. The number of nitrogens with zero attached hydrogens (tertiary/aromatic N) is 3. The quantitative estimate of drug-likeness (QED) is 0.798. The molecule has 2 aromatic rings. The third-order valence-electron chi connectivity index (χ3n) is 3.82. The highest BCUT2D eigenvalue weighted by atomic mass is 16.1. The first-order chi connectivity index (χ1) is 9.78. The molecule has 0 bridgehead atoms. The Hall–Kier alpha value is -2.23. The number of carbonyl (C=O) groups is 1. The molecule has 20 heavy (non-hydrogen) atoms. The van der Waals surface area contributed by atoms with Crippen molar-refractivity contribution in [1.82, 2.24) is 9.47 Å². The molecule has 104 valence electrons. The first-order valence-corrected chi connectivity index (χ1v) is 6.96. The van der Waals surface area contributed by atoms with Gasteiger partial charge in [0.2, 0.25) is 6.41 Å². The molecule has 0 aliphatic carbocycles. The number of hydrogen-bond donors (Lipinski definition) is 0. The summed E-state index contributed by atoms with van der Waals surface area (Å²) in [4.78, 5) is 15.0. The summed E-state index contributed by atoms with van der Waals surface area (Å²) in [5, 5.41) is 0. The average Bonchev–Trinajstić information content (AvgIpc) is 3.01. The maximum atomic E-state index is 10.8. The summed E-state index contributed by atoms with van der Waals surface area (Å²) in [5.74, 6) is 0. The molecule has 0 radical (unpaired) electrons. The number of carbonyl (C=O) groups excluding carboxylic acids is 1. The van der Waals surface area contributed by atoms with Gasteiger partial charge in [-0.15, -0.1) is 0 Å². The molecule has 1 fully saturated rings. The van der Waals surface area contributed by atoms with E-state index in [2.05, 4.69) is 47.0 Å². The van der Waals surface area contributed by atoms with Crippen LogP contribution in [0.2, 0.25) is 0 Å². The van der Waals surface area contributed by atoms with Crippen molar-refractivity contribution in [3.8, 4) is 5.69 Å². The molecule has 0 saturated carbocycles. The fourth-order valence-electron chi connectivity index (χ4n) is 2.67. The molecule has 0 spiro atoms. The van der Waals surface area contributed by atoms with Crippen LogP contribution in [0.15, 0.2) is 42.7 Å². The number of anilines is 1. The van der Waals surface area contributed by atoms with Crippen LogP contribution in [0, 0.1) is 6.92 Å². The van der Waals surface area contributed by atoms with E-state index >= 15 is 0 Å². The van der Waals surface area contributed by atoms with Crippen molar-refractivity contribution in [2.75, 3.05) is 31.1 Å². The topological polar surface area (TPSA) is 28.5 Å². The number of hydrogen-bond acceptors (Lipinski definition) is 2. The molecule has 1 aliphatic rings. The second-order valence-electron chi connectivity index (χ2n) is 5.21. The molecule has 0 N–H and O–H groups in total. The molecule has 4 nitrogen and oxygen atoms in total. The van der Waals surface area contributed by atoms with Gasteiger partial charge < -0.3 is 14.4 Å². The van der Waals surface area contributed by atoms with E-state index in [0.717, 1.165) is 32.6 Å². The lowest BCUT2D eigenvalue weighted by molar-refractivity contribution is -0.118. The third kappa shape index (κ3) is 2.41. The van der Waals surface area contributed by atoms with Crippen molar-refractivity contribution in [3.05, 3.63) is 48.3 Å². The van der Waals surface area contributed by atoms with Gasteiger partial charge in [-0.25, -0.2) is 0 Å². The Morgan fingerprint density at radius 1 is 1.00 bits per heavy atom. The molecule has 3 rings (SSSR count). The molecule has 4 heteroatoms. The molecule has 1 aromatic heterocycles. The second-order valence-corrected chi connectivity index (χ2v) is 5.21. The maximum absolute atomic E-state index is 10.8. The summed E-state index contributed by atoms with van der Waals surface area (Å²) in [7, 11) is 0. The molecular weight excluding hydrogens is 250 g/mol. The van der Waals surface area contributed by atoms with Crippen molar-refractivity contribution in [2.24, 2.45) is 0 Å². The highest BCUT2D eigenvalue weighted by Crippen LogP contribution is 2.26. The minimum atomic E-state index is 0.794. The zero-order valence-corrected chi connectivity index (χ0v) is 11.7. The summed E-state index contributed by atoms with van der Waals surface area (Å²) in [6, 6.07) is 10.6. The number of amides is 1. The number of piperazine rings is 1. The normalized spacial score (nSPS) is 15.4. The zero-order chi connectivity index (χ0) is 13.9. The lowest BCUT2D eigenvalue weighted by atomic mass is 10.1. The van der Waals surface area contributed by atoms with Crippen LogP contribution >= 0.6 is 0 Å². The van der Waals surface area contributed by atoms with E-state index in [4.69, 9.17) is 0 Å². The SMILES string of the molecule is Cc1ccc(N2CCN(C=O)CC2)c(-n2cccc2)c1. The van der Waals surface area contributed by atoms with Crippen molar-refractivity contribution in [3.63, 3.8) is 0 Å². The van der Waals surface area contributed by atoms with Crippen LogP contribution in [0.1, 0.15) is 5.56 Å². The summed E-state index contributed by atoms with van der Waals surface area (Å²) in [5.41, 5.74) is 3.69. The van der Waals surface area contributed by atoms with Gasteiger partial charge >= 0.3 is 0 Å². The number of aromatic nitrogens is 1. The van der Waals surface area contributed by atoms with Gasteiger partial charge in [-0.2, -0.15) is 0 Å². The smallest absolute Gasteiger partial charge is 0.209 e. The van der Waals surface area contributed by atoms with Crippen molar-refractivity contribution >= 4 is 12.1 Å². The predicted octanol–water partition coefficient (Wildman–Crippen LogP) is 2.06. The number of benzene rings is 1. The van der Waals surface area contributed by atoms with Gasteiger partial charge in [-0.1, -0.05) is 6.07 Å². The van der Waals surface area contributed by atoms with E-state index in [1.165, 1.54) is 16.9 Å². The highest BCUT2D eigenvalue weighted by Gasteiger charge is 2.18. The van der Waals surface area contributed by atoms with Gasteiger partial charge in [0.1, 0.15) is 0 Å². The van der Waals surface area contributed by atoms with Gasteiger partial charge in [0.05, 0.1) is 11.4 Å². The molecule has 2 heterocycles. The van der Waals surface area contributed by atoms with Gasteiger partial charge in [0.15, 0.2) is 0 Å². The third-order valence-corrected chi connectivity index (χ3v) is 3.82. The van der Waals surface area contributed by atoms with Gasteiger partial charge in [-0.3, -0.25) is 4.79 Å².